The number of rotatable bonds is 3. The third-order valence-corrected chi connectivity index (χ3v) is 3.21. The molecule has 90 valence electrons. The van der Waals surface area contributed by atoms with Gasteiger partial charge in [-0.2, -0.15) is 5.26 Å². The Kier molecular flexibility index (Phi) is 3.60. The molecule has 1 aliphatic rings. The largest absolute Gasteiger partial charge is 0.393 e. The van der Waals surface area contributed by atoms with E-state index in [1.54, 1.807) is 6.07 Å². The van der Waals surface area contributed by atoms with E-state index in [9.17, 15) is 9.50 Å². The highest BCUT2D eigenvalue weighted by molar-refractivity contribution is 5.49. The lowest BCUT2D eigenvalue weighted by Gasteiger charge is -2.16. The molecule has 2 rings (SSSR count). The Morgan fingerprint density at radius 2 is 2.24 bits per heavy atom. The lowest BCUT2D eigenvalue weighted by molar-refractivity contribution is 0.138. The van der Waals surface area contributed by atoms with Crippen LogP contribution in [0.5, 0.6) is 0 Å². The smallest absolute Gasteiger partial charge is 0.126 e. The minimum atomic E-state index is -0.418. The molecular formula is C13H15FN2O. The van der Waals surface area contributed by atoms with E-state index in [-0.39, 0.29) is 12.0 Å². The monoisotopic (exact) mass is 234 g/mol. The van der Waals surface area contributed by atoms with Crippen molar-refractivity contribution < 1.29 is 9.50 Å². The third kappa shape index (κ3) is 2.95. The van der Waals surface area contributed by atoms with Gasteiger partial charge < -0.3 is 10.4 Å². The average molecular weight is 234 g/mol. The van der Waals surface area contributed by atoms with Crippen molar-refractivity contribution in [3.63, 3.8) is 0 Å². The highest BCUT2D eigenvalue weighted by atomic mass is 19.1. The molecule has 0 spiro atoms. The van der Waals surface area contributed by atoms with Gasteiger partial charge in [0.1, 0.15) is 5.82 Å². The molecule has 2 N–H and O–H groups in total. The highest BCUT2D eigenvalue weighted by Crippen LogP contribution is 2.26. The van der Waals surface area contributed by atoms with Crippen LogP contribution < -0.4 is 5.32 Å². The molecule has 0 heterocycles. The van der Waals surface area contributed by atoms with Crippen molar-refractivity contribution >= 4 is 5.69 Å². The number of aliphatic hydroxyl groups is 1. The predicted octanol–water partition coefficient (Wildman–Crippen LogP) is 2.27. The van der Waals surface area contributed by atoms with Gasteiger partial charge in [0.25, 0.3) is 0 Å². The SMILES string of the molecule is N#Cc1cc(F)cc(NCC2CCCC2O)c1. The van der Waals surface area contributed by atoms with E-state index in [1.165, 1.54) is 12.1 Å². The minimum Gasteiger partial charge on any atom is -0.393 e. The zero-order chi connectivity index (χ0) is 12.3. The summed E-state index contributed by atoms with van der Waals surface area (Å²) in [5.74, 6) is -0.192. The Morgan fingerprint density at radius 1 is 1.41 bits per heavy atom. The van der Waals surface area contributed by atoms with Gasteiger partial charge in [-0.05, 0) is 31.0 Å². The molecule has 0 bridgehead atoms. The standard InChI is InChI=1S/C13H15FN2O/c14-11-4-9(7-15)5-12(6-11)16-8-10-2-1-3-13(10)17/h4-6,10,13,16-17H,1-3,8H2. The van der Waals surface area contributed by atoms with Crippen molar-refractivity contribution in [1.29, 1.82) is 5.26 Å². The number of aliphatic hydroxyl groups excluding tert-OH is 1. The average Bonchev–Trinajstić information content (AvgIpc) is 2.71. The van der Waals surface area contributed by atoms with Crippen LogP contribution in [0.25, 0.3) is 0 Å². The summed E-state index contributed by atoms with van der Waals surface area (Å²) < 4.78 is 13.2. The summed E-state index contributed by atoms with van der Waals surface area (Å²) in [4.78, 5) is 0. The first-order valence-electron chi connectivity index (χ1n) is 5.81. The van der Waals surface area contributed by atoms with E-state index < -0.39 is 5.82 Å². The molecule has 17 heavy (non-hydrogen) atoms. The van der Waals surface area contributed by atoms with E-state index in [2.05, 4.69) is 5.32 Å². The van der Waals surface area contributed by atoms with Crippen LogP contribution in [0.1, 0.15) is 24.8 Å². The van der Waals surface area contributed by atoms with Gasteiger partial charge in [0.15, 0.2) is 0 Å². The lowest BCUT2D eigenvalue weighted by Crippen LogP contribution is -2.21. The van der Waals surface area contributed by atoms with E-state index in [1.807, 2.05) is 6.07 Å². The van der Waals surface area contributed by atoms with Crippen LogP contribution in [0.2, 0.25) is 0 Å². The number of anilines is 1. The molecule has 1 aromatic carbocycles. The van der Waals surface area contributed by atoms with E-state index in [4.69, 9.17) is 5.26 Å². The molecule has 0 saturated heterocycles. The van der Waals surface area contributed by atoms with E-state index in [0.29, 0.717) is 17.8 Å². The fourth-order valence-corrected chi connectivity index (χ4v) is 2.26. The molecule has 2 atom stereocenters. The summed E-state index contributed by atoms with van der Waals surface area (Å²) >= 11 is 0. The van der Waals surface area contributed by atoms with Gasteiger partial charge in [-0.15, -0.1) is 0 Å². The van der Waals surface area contributed by atoms with Crippen molar-refractivity contribution in [2.45, 2.75) is 25.4 Å². The molecule has 1 saturated carbocycles. The number of nitrogens with one attached hydrogen (secondary N) is 1. The first-order valence-corrected chi connectivity index (χ1v) is 5.81. The van der Waals surface area contributed by atoms with Crippen LogP contribution in [-0.4, -0.2) is 17.8 Å². The summed E-state index contributed by atoms with van der Waals surface area (Å²) in [7, 11) is 0. The van der Waals surface area contributed by atoms with Gasteiger partial charge in [-0.1, -0.05) is 6.42 Å². The van der Waals surface area contributed by atoms with Gasteiger partial charge >= 0.3 is 0 Å². The number of nitriles is 1. The Labute approximate surface area is 99.9 Å². The molecular weight excluding hydrogens is 219 g/mol. The first kappa shape index (κ1) is 11.9. The number of nitrogens with zero attached hydrogens (tertiary/aromatic N) is 1. The minimum absolute atomic E-state index is 0.226. The normalized spacial score (nSPS) is 23.4. The van der Waals surface area contributed by atoms with E-state index >= 15 is 0 Å². The second-order valence-corrected chi connectivity index (χ2v) is 4.48. The van der Waals surface area contributed by atoms with Gasteiger partial charge in [-0.3, -0.25) is 0 Å². The van der Waals surface area contributed by atoms with Crippen LogP contribution in [0.15, 0.2) is 18.2 Å². The Hall–Kier alpha value is -1.60. The second kappa shape index (κ2) is 5.15. The Morgan fingerprint density at radius 3 is 2.88 bits per heavy atom. The maximum absolute atomic E-state index is 13.2. The second-order valence-electron chi connectivity index (χ2n) is 4.48. The van der Waals surface area contributed by atoms with Gasteiger partial charge in [0, 0.05) is 18.2 Å². The van der Waals surface area contributed by atoms with Crippen molar-refractivity contribution in [2.24, 2.45) is 5.92 Å². The van der Waals surface area contributed by atoms with Crippen molar-refractivity contribution in [3.8, 4) is 6.07 Å². The fourth-order valence-electron chi connectivity index (χ4n) is 2.26. The molecule has 2 unspecified atom stereocenters. The Balaban J connectivity index is 1.99. The molecule has 1 fully saturated rings. The van der Waals surface area contributed by atoms with Crippen LogP contribution in [0.4, 0.5) is 10.1 Å². The van der Waals surface area contributed by atoms with Crippen molar-refractivity contribution in [3.05, 3.63) is 29.6 Å². The maximum atomic E-state index is 13.2. The molecule has 1 aromatic rings. The summed E-state index contributed by atoms with van der Waals surface area (Å²) in [5.41, 5.74) is 0.903. The number of halogens is 1. The van der Waals surface area contributed by atoms with Crippen molar-refractivity contribution in [1.82, 2.24) is 0 Å². The molecule has 0 amide bonds. The van der Waals surface area contributed by atoms with E-state index in [0.717, 1.165) is 19.3 Å². The summed E-state index contributed by atoms with van der Waals surface area (Å²) in [6, 6.07) is 6.10. The molecule has 0 aliphatic heterocycles. The van der Waals surface area contributed by atoms with Gasteiger partial charge in [-0.25, -0.2) is 4.39 Å². The first-order chi connectivity index (χ1) is 8.19. The fraction of sp³-hybridized carbons (Fsp3) is 0.462. The summed E-state index contributed by atoms with van der Waals surface area (Å²) in [5, 5.41) is 21.5. The van der Waals surface area contributed by atoms with Gasteiger partial charge in [0.2, 0.25) is 0 Å². The van der Waals surface area contributed by atoms with Crippen LogP contribution >= 0.6 is 0 Å². The van der Waals surface area contributed by atoms with Crippen LogP contribution in [0.3, 0.4) is 0 Å². The zero-order valence-corrected chi connectivity index (χ0v) is 9.49. The predicted molar refractivity (Wildman–Crippen MR) is 63.0 cm³/mol. The van der Waals surface area contributed by atoms with Crippen molar-refractivity contribution in [2.75, 3.05) is 11.9 Å². The van der Waals surface area contributed by atoms with Crippen LogP contribution in [-0.2, 0) is 0 Å². The summed E-state index contributed by atoms with van der Waals surface area (Å²) in [6.07, 6.45) is 2.62. The van der Waals surface area contributed by atoms with Gasteiger partial charge in [0.05, 0.1) is 17.7 Å². The Bertz CT molecular complexity index is 442. The molecule has 4 heteroatoms. The molecule has 1 aliphatic carbocycles. The number of hydrogen-bond acceptors (Lipinski definition) is 3. The number of benzene rings is 1. The lowest BCUT2D eigenvalue weighted by atomic mass is 10.1. The quantitative estimate of drug-likeness (QED) is 0.843. The molecule has 0 radical (unpaired) electrons. The topological polar surface area (TPSA) is 56.0 Å². The molecule has 3 nitrogen and oxygen atoms in total. The summed E-state index contributed by atoms with van der Waals surface area (Å²) in [6.45, 7) is 0.621. The highest BCUT2D eigenvalue weighted by Gasteiger charge is 2.24. The third-order valence-electron chi connectivity index (χ3n) is 3.21. The van der Waals surface area contributed by atoms with Crippen LogP contribution in [0, 0.1) is 23.1 Å². The maximum Gasteiger partial charge on any atom is 0.126 e. The number of hydrogen-bond donors (Lipinski definition) is 2. The molecule has 0 aromatic heterocycles. The zero-order valence-electron chi connectivity index (χ0n) is 9.49.